The van der Waals surface area contributed by atoms with Gasteiger partial charge in [0.15, 0.2) is 0 Å². The monoisotopic (exact) mass is 350 g/mol. The van der Waals surface area contributed by atoms with Crippen LogP contribution in [-0.4, -0.2) is 78.2 Å². The summed E-state index contributed by atoms with van der Waals surface area (Å²) < 4.78 is 5.36. The van der Waals surface area contributed by atoms with Gasteiger partial charge < -0.3 is 14.5 Å². The largest absolute Gasteiger partial charge is 0.378 e. The summed E-state index contributed by atoms with van der Waals surface area (Å²) in [6.45, 7) is 7.84. The Kier molecular flexibility index (Phi) is 4.74. The molecule has 0 radical (unpaired) electrons. The summed E-state index contributed by atoms with van der Waals surface area (Å²) in [7, 11) is 0. The summed E-state index contributed by atoms with van der Waals surface area (Å²) in [6.07, 6.45) is 5.49. The number of morpholine rings is 1. The Morgan fingerprint density at radius 2 is 2.04 bits per heavy atom. The lowest BCUT2D eigenvalue weighted by atomic mass is 9.79. The van der Waals surface area contributed by atoms with E-state index in [1.54, 1.807) is 11.3 Å². The molecule has 0 aromatic carbocycles. The van der Waals surface area contributed by atoms with Crippen LogP contribution in [0.1, 0.15) is 24.3 Å². The van der Waals surface area contributed by atoms with Gasteiger partial charge in [0.05, 0.1) is 19.8 Å². The minimum Gasteiger partial charge on any atom is -0.378 e. The zero-order chi connectivity index (χ0) is 16.4. The van der Waals surface area contributed by atoms with E-state index in [0.717, 1.165) is 52.2 Å². The molecule has 1 atom stereocenters. The molecule has 1 aromatic heterocycles. The summed E-state index contributed by atoms with van der Waals surface area (Å²) in [4.78, 5) is 23.7. The van der Waals surface area contributed by atoms with Gasteiger partial charge in [0.2, 0.25) is 0 Å². The summed E-state index contributed by atoms with van der Waals surface area (Å²) in [5.41, 5.74) is 0.289. The number of piperidine rings is 1. The first kappa shape index (κ1) is 16.3. The molecule has 3 aliphatic rings. The normalized spacial score (nSPS) is 28.7. The van der Waals surface area contributed by atoms with Crippen LogP contribution in [0.4, 0.5) is 4.79 Å². The molecule has 7 heteroatoms. The van der Waals surface area contributed by atoms with Crippen LogP contribution in [0.5, 0.6) is 0 Å². The van der Waals surface area contributed by atoms with Crippen molar-refractivity contribution in [3.05, 3.63) is 16.6 Å². The second kappa shape index (κ2) is 6.98. The number of carbonyl (C=O) groups is 1. The number of aromatic nitrogens is 1. The van der Waals surface area contributed by atoms with E-state index in [0.29, 0.717) is 13.2 Å². The van der Waals surface area contributed by atoms with E-state index in [1.165, 1.54) is 17.8 Å². The van der Waals surface area contributed by atoms with Crippen LogP contribution in [0.15, 0.2) is 11.6 Å². The average Bonchev–Trinajstić information content (AvgIpc) is 3.26. The van der Waals surface area contributed by atoms with Gasteiger partial charge in [0, 0.05) is 49.7 Å². The summed E-state index contributed by atoms with van der Waals surface area (Å²) in [6, 6.07) is 0.215. The molecule has 0 unspecified atom stereocenters. The van der Waals surface area contributed by atoms with E-state index in [4.69, 9.17) is 4.74 Å². The molecule has 0 N–H and O–H groups in total. The summed E-state index contributed by atoms with van der Waals surface area (Å²) in [5.74, 6) is 0. The van der Waals surface area contributed by atoms with Gasteiger partial charge in [-0.2, -0.15) is 0 Å². The lowest BCUT2D eigenvalue weighted by Gasteiger charge is -2.40. The number of likely N-dealkylation sites (tertiary alicyclic amines) is 2. The highest BCUT2D eigenvalue weighted by molar-refractivity contribution is 7.09. The Labute approximate surface area is 147 Å². The molecule has 0 saturated carbocycles. The molecular weight excluding hydrogens is 324 g/mol. The molecule has 0 aliphatic carbocycles. The molecular formula is C17H26N4O2S. The number of hydrogen-bond donors (Lipinski definition) is 0. The second-order valence-electron chi connectivity index (χ2n) is 7.29. The number of rotatable bonds is 2. The van der Waals surface area contributed by atoms with Crippen LogP contribution in [0.2, 0.25) is 0 Å². The van der Waals surface area contributed by atoms with Crippen LogP contribution in [-0.2, 0) is 11.3 Å². The molecule has 24 heavy (non-hydrogen) atoms. The summed E-state index contributed by atoms with van der Waals surface area (Å²) in [5, 5.41) is 3.25. The van der Waals surface area contributed by atoms with Crippen LogP contribution in [0.25, 0.3) is 0 Å². The van der Waals surface area contributed by atoms with Crippen LogP contribution < -0.4 is 0 Å². The topological polar surface area (TPSA) is 48.9 Å². The molecule has 4 rings (SSSR count). The predicted molar refractivity (Wildman–Crippen MR) is 93.0 cm³/mol. The third-order valence-corrected chi connectivity index (χ3v) is 6.34. The van der Waals surface area contributed by atoms with Crippen molar-refractivity contribution in [1.29, 1.82) is 0 Å². The Bertz CT molecular complexity index is 561. The number of nitrogens with zero attached hydrogens (tertiary/aromatic N) is 4. The highest BCUT2D eigenvalue weighted by atomic mass is 32.1. The highest BCUT2D eigenvalue weighted by Gasteiger charge is 2.43. The number of amides is 2. The third kappa shape index (κ3) is 3.43. The zero-order valence-corrected chi connectivity index (χ0v) is 15.0. The maximum absolute atomic E-state index is 12.7. The van der Waals surface area contributed by atoms with Gasteiger partial charge in [-0.25, -0.2) is 9.78 Å². The fourth-order valence-corrected chi connectivity index (χ4v) is 5.01. The minimum absolute atomic E-state index is 0.215. The Morgan fingerprint density at radius 3 is 2.83 bits per heavy atom. The standard InChI is InChI=1S/C17H26N4O2S/c22-16(20-7-9-23-10-8-20)21-6-3-17(14-21)2-1-5-19(13-17)12-15-18-4-11-24-15/h4,11H,1-3,5-10,12-14H2/t17-/m1/s1. The van der Waals surface area contributed by atoms with Crippen molar-refractivity contribution < 1.29 is 9.53 Å². The molecule has 3 fully saturated rings. The van der Waals surface area contributed by atoms with Gasteiger partial charge in [0.25, 0.3) is 0 Å². The number of thiazole rings is 1. The average molecular weight is 350 g/mol. The van der Waals surface area contributed by atoms with E-state index < -0.39 is 0 Å². The van der Waals surface area contributed by atoms with Crippen LogP contribution in [0, 0.1) is 5.41 Å². The molecule has 3 aliphatic heterocycles. The number of carbonyl (C=O) groups excluding carboxylic acids is 1. The van der Waals surface area contributed by atoms with Crippen LogP contribution in [0.3, 0.4) is 0 Å². The number of urea groups is 1. The Morgan fingerprint density at radius 1 is 1.17 bits per heavy atom. The number of hydrogen-bond acceptors (Lipinski definition) is 5. The quantitative estimate of drug-likeness (QED) is 0.817. The van der Waals surface area contributed by atoms with E-state index in [-0.39, 0.29) is 11.4 Å². The Hall–Kier alpha value is -1.18. The molecule has 1 aromatic rings. The van der Waals surface area contributed by atoms with Crippen molar-refractivity contribution in [1.82, 2.24) is 19.7 Å². The van der Waals surface area contributed by atoms with Crippen LogP contribution >= 0.6 is 11.3 Å². The predicted octanol–water partition coefficient (Wildman–Crippen LogP) is 1.88. The third-order valence-electron chi connectivity index (χ3n) is 5.57. The second-order valence-corrected chi connectivity index (χ2v) is 8.27. The SMILES string of the molecule is O=C(N1CCOCC1)N1CC[C@@]2(CCCN(Cc3nccs3)C2)C1. The first-order valence-electron chi connectivity index (χ1n) is 8.97. The molecule has 2 amide bonds. The minimum atomic E-state index is 0.215. The zero-order valence-electron chi connectivity index (χ0n) is 14.2. The van der Waals surface area contributed by atoms with Gasteiger partial charge in [0.1, 0.15) is 5.01 Å². The lowest BCUT2D eigenvalue weighted by molar-refractivity contribution is 0.0419. The van der Waals surface area contributed by atoms with E-state index >= 15 is 0 Å². The Balaban J connectivity index is 1.36. The van der Waals surface area contributed by atoms with Gasteiger partial charge in [-0.3, -0.25) is 4.90 Å². The van der Waals surface area contributed by atoms with Crippen molar-refractivity contribution in [2.24, 2.45) is 5.41 Å². The van der Waals surface area contributed by atoms with Gasteiger partial charge in [-0.1, -0.05) is 0 Å². The maximum Gasteiger partial charge on any atom is 0.320 e. The molecule has 132 valence electrons. The maximum atomic E-state index is 12.7. The first-order chi connectivity index (χ1) is 11.7. The van der Waals surface area contributed by atoms with Gasteiger partial charge in [-0.15, -0.1) is 11.3 Å². The smallest absolute Gasteiger partial charge is 0.320 e. The van der Waals surface area contributed by atoms with Gasteiger partial charge in [-0.05, 0) is 25.8 Å². The fourth-order valence-electron chi connectivity index (χ4n) is 4.35. The van der Waals surface area contributed by atoms with E-state index in [1.807, 2.05) is 16.5 Å². The molecule has 1 spiro atoms. The van der Waals surface area contributed by atoms with Crippen molar-refractivity contribution in [2.75, 3.05) is 52.5 Å². The lowest BCUT2D eigenvalue weighted by Crippen LogP contribution is -2.49. The highest BCUT2D eigenvalue weighted by Crippen LogP contribution is 2.39. The van der Waals surface area contributed by atoms with E-state index in [9.17, 15) is 4.79 Å². The van der Waals surface area contributed by atoms with E-state index in [2.05, 4.69) is 14.8 Å². The fraction of sp³-hybridized carbons (Fsp3) is 0.765. The molecule has 0 bridgehead atoms. The molecule has 4 heterocycles. The van der Waals surface area contributed by atoms with Crippen molar-refractivity contribution in [3.8, 4) is 0 Å². The first-order valence-corrected chi connectivity index (χ1v) is 9.84. The number of ether oxygens (including phenoxy) is 1. The van der Waals surface area contributed by atoms with Gasteiger partial charge >= 0.3 is 6.03 Å². The van der Waals surface area contributed by atoms with Crippen molar-refractivity contribution in [3.63, 3.8) is 0 Å². The molecule has 3 saturated heterocycles. The van der Waals surface area contributed by atoms with Crippen molar-refractivity contribution >= 4 is 17.4 Å². The molecule has 6 nitrogen and oxygen atoms in total. The summed E-state index contributed by atoms with van der Waals surface area (Å²) >= 11 is 1.74. The van der Waals surface area contributed by atoms with Crippen molar-refractivity contribution in [2.45, 2.75) is 25.8 Å².